The lowest BCUT2D eigenvalue weighted by Crippen LogP contribution is -2.16. The summed E-state index contributed by atoms with van der Waals surface area (Å²) in [5.41, 5.74) is 0.122. The number of H-pyrrole nitrogens is 1. The molecule has 3 aromatic heterocycles. The molecule has 3 heterocycles. The van der Waals surface area contributed by atoms with Crippen LogP contribution in [0.4, 0.5) is 17.6 Å². The van der Waals surface area contributed by atoms with E-state index >= 15 is 0 Å². The Kier molecular flexibility index (Phi) is 5.30. The minimum absolute atomic E-state index is 0.0581. The van der Waals surface area contributed by atoms with E-state index in [4.69, 9.17) is 0 Å². The maximum absolute atomic E-state index is 14.4. The third-order valence-corrected chi connectivity index (χ3v) is 4.89. The topological polar surface area (TPSA) is 72.3 Å². The highest BCUT2D eigenvalue weighted by Gasteiger charge is 2.38. The number of alkyl halides is 3. The van der Waals surface area contributed by atoms with E-state index in [2.05, 4.69) is 20.2 Å². The molecule has 0 radical (unpaired) electrons. The molecule has 0 aliphatic carbocycles. The summed E-state index contributed by atoms with van der Waals surface area (Å²) >= 11 is 0. The number of halogens is 4. The molecule has 1 atom stereocenters. The summed E-state index contributed by atoms with van der Waals surface area (Å²) in [4.78, 5) is 8.58. The summed E-state index contributed by atoms with van der Waals surface area (Å²) in [6, 6.07) is 9.11. The van der Waals surface area contributed by atoms with Crippen molar-refractivity contribution in [3.05, 3.63) is 72.2 Å². The van der Waals surface area contributed by atoms with Gasteiger partial charge in [0.25, 0.3) is 0 Å². The highest BCUT2D eigenvalue weighted by molar-refractivity contribution is 5.67. The SMILES string of the molecule is CC(C)C(c1ccccc1F)n1cnc(-c2cc(-c3n[nH]nc3C(F)(F)F)ccn2)c1. The Morgan fingerprint density at radius 2 is 1.77 bits per heavy atom. The number of imidazole rings is 1. The first-order valence-electron chi connectivity index (χ1n) is 9.48. The van der Waals surface area contributed by atoms with Crippen LogP contribution in [0.5, 0.6) is 0 Å². The van der Waals surface area contributed by atoms with E-state index in [1.165, 1.54) is 24.4 Å². The predicted octanol–water partition coefficient (Wildman–Crippen LogP) is 5.13. The van der Waals surface area contributed by atoms with Gasteiger partial charge in [-0.1, -0.05) is 32.0 Å². The molecule has 0 aliphatic heterocycles. The Hall–Kier alpha value is -3.56. The Labute approximate surface area is 175 Å². The van der Waals surface area contributed by atoms with Crippen LogP contribution in [-0.2, 0) is 6.18 Å². The van der Waals surface area contributed by atoms with E-state index in [9.17, 15) is 17.6 Å². The molecular formula is C21H18F4N6. The fourth-order valence-corrected chi connectivity index (χ4v) is 3.55. The zero-order chi connectivity index (χ0) is 22.2. The second kappa shape index (κ2) is 7.93. The van der Waals surface area contributed by atoms with Gasteiger partial charge < -0.3 is 4.57 Å². The quantitative estimate of drug-likeness (QED) is 0.446. The molecule has 0 spiro atoms. The first-order chi connectivity index (χ1) is 14.8. The van der Waals surface area contributed by atoms with Gasteiger partial charge in [0.05, 0.1) is 18.1 Å². The van der Waals surface area contributed by atoms with Crippen LogP contribution in [0.3, 0.4) is 0 Å². The lowest BCUT2D eigenvalue weighted by molar-refractivity contribution is -0.140. The number of benzene rings is 1. The van der Waals surface area contributed by atoms with E-state index in [1.54, 1.807) is 35.3 Å². The molecule has 10 heteroatoms. The Morgan fingerprint density at radius 3 is 2.48 bits per heavy atom. The number of hydrogen-bond donors (Lipinski definition) is 1. The second-order valence-corrected chi connectivity index (χ2v) is 7.36. The van der Waals surface area contributed by atoms with E-state index in [0.29, 0.717) is 17.0 Å². The van der Waals surface area contributed by atoms with Crippen molar-refractivity contribution < 1.29 is 17.6 Å². The van der Waals surface area contributed by atoms with Crippen LogP contribution in [0.25, 0.3) is 22.6 Å². The number of pyridine rings is 1. The van der Waals surface area contributed by atoms with Crippen LogP contribution in [0.2, 0.25) is 0 Å². The lowest BCUT2D eigenvalue weighted by atomic mass is 9.95. The summed E-state index contributed by atoms with van der Waals surface area (Å²) in [7, 11) is 0. The molecule has 1 N–H and O–H groups in total. The van der Waals surface area contributed by atoms with Gasteiger partial charge in [-0.3, -0.25) is 4.98 Å². The Bertz CT molecular complexity index is 1190. The van der Waals surface area contributed by atoms with Crippen molar-refractivity contribution in [1.82, 2.24) is 29.9 Å². The monoisotopic (exact) mass is 430 g/mol. The van der Waals surface area contributed by atoms with Crippen LogP contribution in [0.1, 0.15) is 31.1 Å². The van der Waals surface area contributed by atoms with Gasteiger partial charge in [-0.05, 0) is 24.1 Å². The average molecular weight is 430 g/mol. The fourth-order valence-electron chi connectivity index (χ4n) is 3.55. The highest BCUT2D eigenvalue weighted by Crippen LogP contribution is 2.35. The van der Waals surface area contributed by atoms with Crippen molar-refractivity contribution in [2.24, 2.45) is 5.92 Å². The summed E-state index contributed by atoms with van der Waals surface area (Å²) < 4.78 is 55.7. The van der Waals surface area contributed by atoms with Gasteiger partial charge in [0.2, 0.25) is 0 Å². The molecular weight excluding hydrogens is 412 g/mol. The maximum Gasteiger partial charge on any atom is 0.437 e. The molecule has 31 heavy (non-hydrogen) atoms. The molecule has 4 aromatic rings. The van der Waals surface area contributed by atoms with Gasteiger partial charge in [-0.25, -0.2) is 9.37 Å². The van der Waals surface area contributed by atoms with Crippen molar-refractivity contribution >= 4 is 0 Å². The summed E-state index contributed by atoms with van der Waals surface area (Å²) in [5, 5.41) is 8.88. The fraction of sp³-hybridized carbons (Fsp3) is 0.238. The maximum atomic E-state index is 14.4. The molecule has 0 aliphatic rings. The van der Waals surface area contributed by atoms with Crippen molar-refractivity contribution in [3.63, 3.8) is 0 Å². The molecule has 1 unspecified atom stereocenters. The van der Waals surface area contributed by atoms with Gasteiger partial charge in [0.1, 0.15) is 17.2 Å². The highest BCUT2D eigenvalue weighted by atomic mass is 19.4. The third kappa shape index (κ3) is 4.05. The first kappa shape index (κ1) is 20.7. The third-order valence-electron chi connectivity index (χ3n) is 4.89. The molecule has 6 nitrogen and oxygen atoms in total. The molecule has 0 fully saturated rings. The summed E-state index contributed by atoms with van der Waals surface area (Å²) in [6.45, 7) is 3.94. The van der Waals surface area contributed by atoms with Crippen LogP contribution < -0.4 is 0 Å². The summed E-state index contributed by atoms with van der Waals surface area (Å²) in [6.07, 6.45) is 0.0155. The van der Waals surface area contributed by atoms with Crippen molar-refractivity contribution in [3.8, 4) is 22.6 Å². The van der Waals surface area contributed by atoms with E-state index < -0.39 is 11.9 Å². The van der Waals surface area contributed by atoms with E-state index in [0.717, 1.165) is 0 Å². The minimum Gasteiger partial charge on any atom is -0.329 e. The van der Waals surface area contributed by atoms with Crippen LogP contribution >= 0.6 is 0 Å². The van der Waals surface area contributed by atoms with E-state index in [-0.39, 0.29) is 29.0 Å². The van der Waals surface area contributed by atoms with Crippen LogP contribution in [0, 0.1) is 11.7 Å². The van der Waals surface area contributed by atoms with Gasteiger partial charge in [0.15, 0.2) is 5.69 Å². The number of nitrogens with zero attached hydrogens (tertiary/aromatic N) is 5. The number of hydrogen-bond acceptors (Lipinski definition) is 4. The van der Waals surface area contributed by atoms with E-state index in [1.807, 2.05) is 19.1 Å². The molecule has 0 amide bonds. The van der Waals surface area contributed by atoms with Gasteiger partial charge in [-0.2, -0.15) is 28.6 Å². The molecule has 1 aromatic carbocycles. The van der Waals surface area contributed by atoms with Crippen LogP contribution in [-0.4, -0.2) is 29.9 Å². The molecule has 0 saturated carbocycles. The van der Waals surface area contributed by atoms with Crippen molar-refractivity contribution in [2.45, 2.75) is 26.1 Å². The molecule has 160 valence electrons. The zero-order valence-corrected chi connectivity index (χ0v) is 16.6. The van der Waals surface area contributed by atoms with Gasteiger partial charge in [-0.15, -0.1) is 0 Å². The molecule has 0 saturated heterocycles. The standard InChI is InChI=1S/C21H18F4N6/c1-12(2)19(14-5-3-4-6-15(14)22)31-10-17(27-11-31)16-9-13(7-8-26-16)18-20(21(23,24)25)29-30-28-18/h3-12,19H,1-2H3,(H,28,29,30). The summed E-state index contributed by atoms with van der Waals surface area (Å²) in [5.74, 6) is -0.259. The van der Waals surface area contributed by atoms with Crippen LogP contribution in [0.15, 0.2) is 55.1 Å². The number of aromatic amines is 1. The zero-order valence-electron chi connectivity index (χ0n) is 16.6. The number of rotatable bonds is 5. The average Bonchev–Trinajstić information content (AvgIpc) is 3.39. The number of aromatic nitrogens is 6. The largest absolute Gasteiger partial charge is 0.437 e. The van der Waals surface area contributed by atoms with Crippen molar-refractivity contribution in [1.29, 1.82) is 0 Å². The van der Waals surface area contributed by atoms with Crippen molar-refractivity contribution in [2.75, 3.05) is 0 Å². The normalized spacial score (nSPS) is 13.0. The second-order valence-electron chi connectivity index (χ2n) is 7.36. The first-order valence-corrected chi connectivity index (χ1v) is 9.48. The van der Waals surface area contributed by atoms with Gasteiger partial charge in [0, 0.05) is 23.5 Å². The Morgan fingerprint density at radius 1 is 1.00 bits per heavy atom. The number of nitrogens with one attached hydrogen (secondary N) is 1. The lowest BCUT2D eigenvalue weighted by Gasteiger charge is -2.23. The molecule has 4 rings (SSSR count). The van der Waals surface area contributed by atoms with Gasteiger partial charge >= 0.3 is 6.18 Å². The Balaban J connectivity index is 1.71. The minimum atomic E-state index is -4.64. The predicted molar refractivity (Wildman–Crippen MR) is 105 cm³/mol. The molecule has 0 bridgehead atoms. The smallest absolute Gasteiger partial charge is 0.329 e.